The zero-order valence-corrected chi connectivity index (χ0v) is 9.04. The predicted molar refractivity (Wildman–Crippen MR) is 53.7 cm³/mol. The van der Waals surface area contributed by atoms with E-state index in [1.165, 1.54) is 18.5 Å². The van der Waals surface area contributed by atoms with Gasteiger partial charge >= 0.3 is 0 Å². The maximum Gasteiger partial charge on any atom is 0.0884 e. The average molecular weight is 181 g/mol. The Hall–Kier alpha value is -0.860. The topological polar surface area (TPSA) is 30.7 Å². The molecule has 0 radical (unpaired) electrons. The zero-order valence-electron chi connectivity index (χ0n) is 9.04. The van der Waals surface area contributed by atoms with Gasteiger partial charge in [-0.25, -0.2) is 0 Å². The Kier molecular flexibility index (Phi) is 3.46. The van der Waals surface area contributed by atoms with Gasteiger partial charge in [0.05, 0.1) is 11.4 Å². The molecule has 0 saturated heterocycles. The summed E-state index contributed by atoms with van der Waals surface area (Å²) in [6.45, 7) is 6.54. The van der Waals surface area contributed by atoms with Crippen molar-refractivity contribution >= 4 is 0 Å². The molecule has 0 aliphatic carbocycles. The van der Waals surface area contributed by atoms with Crippen molar-refractivity contribution < 1.29 is 0 Å². The molecule has 3 nitrogen and oxygen atoms in total. The number of hydrogen-bond donors (Lipinski definition) is 0. The maximum atomic E-state index is 4.18. The van der Waals surface area contributed by atoms with Crippen LogP contribution in [0.5, 0.6) is 0 Å². The molecule has 1 rings (SSSR count). The molecule has 0 spiro atoms. The Labute approximate surface area is 80.1 Å². The second-order valence-electron chi connectivity index (χ2n) is 3.80. The first-order valence-corrected chi connectivity index (χ1v) is 5.05. The molecule has 0 aliphatic heterocycles. The first-order valence-electron chi connectivity index (χ1n) is 5.05. The van der Waals surface area contributed by atoms with Crippen molar-refractivity contribution in [1.82, 2.24) is 15.0 Å². The summed E-state index contributed by atoms with van der Waals surface area (Å²) < 4.78 is 1.91. The van der Waals surface area contributed by atoms with E-state index in [9.17, 15) is 0 Å². The van der Waals surface area contributed by atoms with Crippen LogP contribution in [0.15, 0.2) is 0 Å². The maximum absolute atomic E-state index is 4.18. The quantitative estimate of drug-likeness (QED) is 0.713. The fraction of sp³-hybridized carbons (Fsp3) is 0.800. The summed E-state index contributed by atoms with van der Waals surface area (Å²) in [4.78, 5) is 0. The van der Waals surface area contributed by atoms with Crippen LogP contribution in [-0.4, -0.2) is 15.0 Å². The molecule has 0 bridgehead atoms. The first-order chi connectivity index (χ1) is 6.16. The molecule has 13 heavy (non-hydrogen) atoms. The van der Waals surface area contributed by atoms with Crippen molar-refractivity contribution in [3.05, 3.63) is 11.4 Å². The zero-order chi connectivity index (χ0) is 9.84. The highest BCUT2D eigenvalue weighted by atomic mass is 15.4. The molecule has 0 aliphatic rings. The second-order valence-corrected chi connectivity index (χ2v) is 3.80. The standard InChI is InChI=1S/C10H19N3/c1-5-6-7-9-10(8(2)3)11-12-13(9)4/h8H,5-7H2,1-4H3. The van der Waals surface area contributed by atoms with Gasteiger partial charge in [-0.15, -0.1) is 5.10 Å². The van der Waals surface area contributed by atoms with Crippen LogP contribution in [0.1, 0.15) is 50.9 Å². The van der Waals surface area contributed by atoms with Crippen LogP contribution in [0, 0.1) is 0 Å². The third-order valence-electron chi connectivity index (χ3n) is 2.29. The Bertz CT molecular complexity index is 263. The van der Waals surface area contributed by atoms with Gasteiger partial charge in [0.25, 0.3) is 0 Å². The molecule has 0 atom stereocenters. The molecule has 0 saturated carbocycles. The van der Waals surface area contributed by atoms with Crippen molar-refractivity contribution in [2.45, 2.75) is 46.0 Å². The van der Waals surface area contributed by atoms with Crippen LogP contribution in [0.3, 0.4) is 0 Å². The summed E-state index contributed by atoms with van der Waals surface area (Å²) >= 11 is 0. The third kappa shape index (κ3) is 2.29. The van der Waals surface area contributed by atoms with Gasteiger partial charge in [0.2, 0.25) is 0 Å². The van der Waals surface area contributed by atoms with E-state index in [2.05, 4.69) is 31.1 Å². The molecule has 0 N–H and O–H groups in total. The minimum absolute atomic E-state index is 0.487. The smallest absolute Gasteiger partial charge is 0.0884 e. The van der Waals surface area contributed by atoms with Gasteiger partial charge in [-0.2, -0.15) is 0 Å². The normalized spacial score (nSPS) is 11.2. The van der Waals surface area contributed by atoms with Crippen molar-refractivity contribution in [3.63, 3.8) is 0 Å². The van der Waals surface area contributed by atoms with Crippen LogP contribution >= 0.6 is 0 Å². The van der Waals surface area contributed by atoms with E-state index in [1.54, 1.807) is 0 Å². The highest BCUT2D eigenvalue weighted by Crippen LogP contribution is 2.17. The van der Waals surface area contributed by atoms with Crippen LogP contribution in [0.2, 0.25) is 0 Å². The fourth-order valence-electron chi connectivity index (χ4n) is 1.48. The largest absolute Gasteiger partial charge is 0.252 e. The van der Waals surface area contributed by atoms with Crippen molar-refractivity contribution in [2.24, 2.45) is 7.05 Å². The number of unbranched alkanes of at least 4 members (excludes halogenated alkanes) is 1. The minimum atomic E-state index is 0.487. The van der Waals surface area contributed by atoms with E-state index in [0.29, 0.717) is 5.92 Å². The molecule has 0 aromatic carbocycles. The van der Waals surface area contributed by atoms with Gasteiger partial charge in [0.15, 0.2) is 0 Å². The Balaban J connectivity index is 2.82. The SMILES string of the molecule is CCCCc1c(C(C)C)nnn1C. The van der Waals surface area contributed by atoms with Crippen molar-refractivity contribution in [3.8, 4) is 0 Å². The fourth-order valence-corrected chi connectivity index (χ4v) is 1.48. The summed E-state index contributed by atoms with van der Waals surface area (Å²) in [5.74, 6) is 0.487. The summed E-state index contributed by atoms with van der Waals surface area (Å²) in [7, 11) is 1.98. The van der Waals surface area contributed by atoms with Gasteiger partial charge in [-0.1, -0.05) is 32.4 Å². The number of nitrogens with zero attached hydrogens (tertiary/aromatic N) is 3. The Morgan fingerprint density at radius 1 is 1.38 bits per heavy atom. The lowest BCUT2D eigenvalue weighted by Gasteiger charge is -2.05. The van der Waals surface area contributed by atoms with Crippen LogP contribution in [0.25, 0.3) is 0 Å². The van der Waals surface area contributed by atoms with Crippen LogP contribution in [-0.2, 0) is 13.5 Å². The highest BCUT2D eigenvalue weighted by molar-refractivity contribution is 5.13. The summed E-state index contributed by atoms with van der Waals surface area (Å²) in [6, 6.07) is 0. The van der Waals surface area contributed by atoms with Crippen LogP contribution < -0.4 is 0 Å². The molecular weight excluding hydrogens is 162 g/mol. The molecule has 0 unspecified atom stereocenters. The summed E-state index contributed by atoms with van der Waals surface area (Å²) in [5.41, 5.74) is 2.47. The van der Waals surface area contributed by atoms with Crippen molar-refractivity contribution in [2.75, 3.05) is 0 Å². The van der Waals surface area contributed by atoms with Gasteiger partial charge in [0, 0.05) is 7.05 Å². The van der Waals surface area contributed by atoms with E-state index in [1.807, 2.05) is 11.7 Å². The summed E-state index contributed by atoms with van der Waals surface area (Å²) in [6.07, 6.45) is 3.55. The molecule has 1 aromatic rings. The lowest BCUT2D eigenvalue weighted by atomic mass is 10.1. The van der Waals surface area contributed by atoms with Gasteiger partial charge in [-0.3, -0.25) is 4.68 Å². The van der Waals surface area contributed by atoms with E-state index >= 15 is 0 Å². The number of aromatic nitrogens is 3. The monoisotopic (exact) mass is 181 g/mol. The van der Waals surface area contributed by atoms with Gasteiger partial charge in [0.1, 0.15) is 0 Å². The molecule has 74 valence electrons. The van der Waals surface area contributed by atoms with E-state index in [4.69, 9.17) is 0 Å². The molecule has 1 heterocycles. The molecule has 3 heteroatoms. The third-order valence-corrected chi connectivity index (χ3v) is 2.29. The number of rotatable bonds is 4. The minimum Gasteiger partial charge on any atom is -0.252 e. The molecule has 0 amide bonds. The van der Waals surface area contributed by atoms with Gasteiger partial charge < -0.3 is 0 Å². The van der Waals surface area contributed by atoms with E-state index in [0.717, 1.165) is 12.1 Å². The molecular formula is C10H19N3. The number of hydrogen-bond acceptors (Lipinski definition) is 2. The van der Waals surface area contributed by atoms with E-state index in [-0.39, 0.29) is 0 Å². The lowest BCUT2D eigenvalue weighted by molar-refractivity contribution is 0.654. The molecule has 1 aromatic heterocycles. The Morgan fingerprint density at radius 2 is 2.08 bits per heavy atom. The van der Waals surface area contributed by atoms with Crippen LogP contribution in [0.4, 0.5) is 0 Å². The predicted octanol–water partition coefficient (Wildman–Crippen LogP) is 2.28. The molecule has 0 fully saturated rings. The number of aryl methyl sites for hydroxylation is 1. The van der Waals surface area contributed by atoms with Gasteiger partial charge in [-0.05, 0) is 18.8 Å². The van der Waals surface area contributed by atoms with E-state index < -0.39 is 0 Å². The first kappa shape index (κ1) is 10.2. The highest BCUT2D eigenvalue weighted by Gasteiger charge is 2.12. The second kappa shape index (κ2) is 4.40. The summed E-state index contributed by atoms with van der Waals surface area (Å²) in [5, 5.41) is 8.24. The average Bonchev–Trinajstić information content (AvgIpc) is 2.43. The Morgan fingerprint density at radius 3 is 2.62 bits per heavy atom. The lowest BCUT2D eigenvalue weighted by Crippen LogP contribution is -2.01. The van der Waals surface area contributed by atoms with Crippen molar-refractivity contribution in [1.29, 1.82) is 0 Å².